The molecule has 0 saturated carbocycles. The Hall–Kier alpha value is -2.41. The Balaban J connectivity index is 2.08. The van der Waals surface area contributed by atoms with Gasteiger partial charge in [-0.2, -0.15) is 5.10 Å². The standard InChI is InChI=1S/C17H17BrN4O2/c1-3-13-14(17(23)24-4-2)9-22-15(13)16(19-10-20-22)21-12-7-5-11(18)6-8-12/h5-10H,3-4H2,1-2H3,(H,19,20,21). The fourth-order valence-electron chi connectivity index (χ4n) is 2.58. The third-order valence-electron chi connectivity index (χ3n) is 3.63. The summed E-state index contributed by atoms with van der Waals surface area (Å²) in [6.07, 6.45) is 3.83. The number of carbonyl (C=O) groups excluding carboxylic acids is 1. The van der Waals surface area contributed by atoms with E-state index in [1.807, 2.05) is 31.2 Å². The van der Waals surface area contributed by atoms with Crippen molar-refractivity contribution < 1.29 is 9.53 Å². The molecule has 124 valence electrons. The first-order valence-electron chi connectivity index (χ1n) is 7.69. The topological polar surface area (TPSA) is 68.5 Å². The molecule has 24 heavy (non-hydrogen) atoms. The number of nitrogens with zero attached hydrogens (tertiary/aromatic N) is 3. The number of aromatic nitrogens is 3. The lowest BCUT2D eigenvalue weighted by Crippen LogP contribution is -2.06. The van der Waals surface area contributed by atoms with Crippen LogP contribution < -0.4 is 5.32 Å². The monoisotopic (exact) mass is 388 g/mol. The maximum Gasteiger partial charge on any atom is 0.340 e. The third-order valence-corrected chi connectivity index (χ3v) is 4.16. The van der Waals surface area contributed by atoms with Crippen molar-refractivity contribution in [2.45, 2.75) is 20.3 Å². The molecule has 0 bridgehead atoms. The molecule has 0 saturated heterocycles. The van der Waals surface area contributed by atoms with Crippen molar-refractivity contribution in [3.8, 4) is 0 Å². The van der Waals surface area contributed by atoms with Gasteiger partial charge in [-0.1, -0.05) is 22.9 Å². The van der Waals surface area contributed by atoms with E-state index in [0.29, 0.717) is 24.4 Å². The predicted octanol–water partition coefficient (Wildman–Crippen LogP) is 3.97. The zero-order valence-electron chi connectivity index (χ0n) is 13.4. The Morgan fingerprint density at radius 3 is 2.71 bits per heavy atom. The van der Waals surface area contributed by atoms with Gasteiger partial charge in [0.15, 0.2) is 5.82 Å². The number of esters is 1. The van der Waals surface area contributed by atoms with Gasteiger partial charge in [0.25, 0.3) is 0 Å². The molecule has 0 aliphatic carbocycles. The van der Waals surface area contributed by atoms with Crippen LogP contribution in [-0.2, 0) is 11.2 Å². The molecule has 3 aromatic rings. The number of aryl methyl sites for hydroxylation is 1. The Morgan fingerprint density at radius 1 is 1.29 bits per heavy atom. The minimum atomic E-state index is -0.338. The van der Waals surface area contributed by atoms with Crippen molar-refractivity contribution in [2.75, 3.05) is 11.9 Å². The normalized spacial score (nSPS) is 10.8. The third kappa shape index (κ3) is 3.12. The van der Waals surface area contributed by atoms with Gasteiger partial charge in [0, 0.05) is 16.4 Å². The maximum atomic E-state index is 12.2. The van der Waals surface area contributed by atoms with Crippen LogP contribution in [0.25, 0.3) is 5.52 Å². The van der Waals surface area contributed by atoms with E-state index in [2.05, 4.69) is 31.3 Å². The lowest BCUT2D eigenvalue weighted by Gasteiger charge is -2.08. The van der Waals surface area contributed by atoms with E-state index in [0.717, 1.165) is 21.2 Å². The highest BCUT2D eigenvalue weighted by atomic mass is 79.9. The van der Waals surface area contributed by atoms with Crippen LogP contribution in [0.1, 0.15) is 29.8 Å². The molecule has 6 nitrogen and oxygen atoms in total. The van der Waals surface area contributed by atoms with Crippen LogP contribution in [0.15, 0.2) is 41.3 Å². The molecular formula is C17H17BrN4O2. The molecule has 1 N–H and O–H groups in total. The molecule has 0 amide bonds. The lowest BCUT2D eigenvalue weighted by atomic mass is 10.1. The fourth-order valence-corrected chi connectivity index (χ4v) is 2.84. The number of carbonyl (C=O) groups is 1. The van der Waals surface area contributed by atoms with E-state index >= 15 is 0 Å². The zero-order valence-corrected chi connectivity index (χ0v) is 15.0. The van der Waals surface area contributed by atoms with E-state index in [9.17, 15) is 4.79 Å². The number of ether oxygens (including phenoxy) is 1. The van der Waals surface area contributed by atoms with Gasteiger partial charge in [-0.25, -0.2) is 14.3 Å². The van der Waals surface area contributed by atoms with E-state index in [-0.39, 0.29) is 5.97 Å². The molecule has 2 heterocycles. The second kappa shape index (κ2) is 7.00. The molecule has 0 aliphatic heterocycles. The summed E-state index contributed by atoms with van der Waals surface area (Å²) in [6.45, 7) is 4.12. The van der Waals surface area contributed by atoms with Crippen molar-refractivity contribution >= 4 is 38.9 Å². The molecule has 0 radical (unpaired) electrons. The largest absolute Gasteiger partial charge is 0.462 e. The van der Waals surface area contributed by atoms with Crippen molar-refractivity contribution in [3.05, 3.63) is 52.4 Å². The number of hydrogen-bond acceptors (Lipinski definition) is 5. The summed E-state index contributed by atoms with van der Waals surface area (Å²) in [7, 11) is 0. The molecule has 7 heteroatoms. The number of hydrogen-bond donors (Lipinski definition) is 1. The number of anilines is 2. The molecule has 0 spiro atoms. The minimum absolute atomic E-state index is 0.337. The molecule has 0 aliphatic rings. The summed E-state index contributed by atoms with van der Waals surface area (Å²) in [5.41, 5.74) is 3.08. The second-order valence-corrected chi connectivity index (χ2v) is 6.04. The number of fused-ring (bicyclic) bond motifs is 1. The van der Waals surface area contributed by atoms with Gasteiger partial charge in [0.1, 0.15) is 11.8 Å². The van der Waals surface area contributed by atoms with E-state index in [4.69, 9.17) is 4.74 Å². The summed E-state index contributed by atoms with van der Waals surface area (Å²) in [5.74, 6) is 0.314. The highest BCUT2D eigenvalue weighted by molar-refractivity contribution is 9.10. The molecule has 3 rings (SSSR count). The van der Waals surface area contributed by atoms with Crippen LogP contribution in [-0.4, -0.2) is 27.2 Å². The zero-order chi connectivity index (χ0) is 17.1. The van der Waals surface area contributed by atoms with Crippen LogP contribution in [0.3, 0.4) is 0 Å². The SMILES string of the molecule is CCOC(=O)c1cn2ncnc(Nc3ccc(Br)cc3)c2c1CC. The molecule has 0 atom stereocenters. The summed E-state index contributed by atoms with van der Waals surface area (Å²) in [5, 5.41) is 7.51. The number of halogens is 1. The Labute approximate surface area is 148 Å². The van der Waals surface area contributed by atoms with Gasteiger partial charge < -0.3 is 10.1 Å². The van der Waals surface area contributed by atoms with Crippen LogP contribution >= 0.6 is 15.9 Å². The summed E-state index contributed by atoms with van der Waals surface area (Å²) in [6, 6.07) is 7.79. The fraction of sp³-hybridized carbons (Fsp3) is 0.235. The van der Waals surface area contributed by atoms with Gasteiger partial charge in [-0.15, -0.1) is 0 Å². The first kappa shape index (κ1) is 16.4. The van der Waals surface area contributed by atoms with Crippen molar-refractivity contribution in [1.29, 1.82) is 0 Å². The van der Waals surface area contributed by atoms with Crippen LogP contribution in [0, 0.1) is 0 Å². The van der Waals surface area contributed by atoms with Crippen molar-refractivity contribution in [2.24, 2.45) is 0 Å². The highest BCUT2D eigenvalue weighted by Crippen LogP contribution is 2.27. The van der Waals surface area contributed by atoms with Gasteiger partial charge in [-0.05, 0) is 43.2 Å². The van der Waals surface area contributed by atoms with Gasteiger partial charge >= 0.3 is 5.97 Å². The number of nitrogens with one attached hydrogen (secondary N) is 1. The first-order chi connectivity index (χ1) is 11.6. The van der Waals surface area contributed by atoms with Crippen LogP contribution in [0.5, 0.6) is 0 Å². The molecule has 1 aromatic carbocycles. The summed E-state index contributed by atoms with van der Waals surface area (Å²) >= 11 is 3.42. The smallest absolute Gasteiger partial charge is 0.340 e. The molecular weight excluding hydrogens is 372 g/mol. The average molecular weight is 389 g/mol. The average Bonchev–Trinajstić information content (AvgIpc) is 2.97. The number of rotatable bonds is 5. The van der Waals surface area contributed by atoms with Crippen molar-refractivity contribution in [1.82, 2.24) is 14.6 Å². The molecule has 0 fully saturated rings. The minimum Gasteiger partial charge on any atom is -0.462 e. The van der Waals surface area contributed by atoms with Gasteiger partial charge in [-0.3, -0.25) is 0 Å². The van der Waals surface area contributed by atoms with Crippen molar-refractivity contribution in [3.63, 3.8) is 0 Å². The lowest BCUT2D eigenvalue weighted by molar-refractivity contribution is 0.0525. The predicted molar refractivity (Wildman–Crippen MR) is 95.7 cm³/mol. The Kier molecular flexibility index (Phi) is 4.80. The van der Waals surface area contributed by atoms with Gasteiger partial charge in [0.05, 0.1) is 12.2 Å². The van der Waals surface area contributed by atoms with E-state index < -0.39 is 0 Å². The van der Waals surface area contributed by atoms with Crippen LogP contribution in [0.2, 0.25) is 0 Å². The molecule has 2 aromatic heterocycles. The Morgan fingerprint density at radius 2 is 2.04 bits per heavy atom. The quantitative estimate of drug-likeness (QED) is 0.669. The molecule has 0 unspecified atom stereocenters. The van der Waals surface area contributed by atoms with E-state index in [1.165, 1.54) is 6.33 Å². The summed E-state index contributed by atoms with van der Waals surface area (Å²) in [4.78, 5) is 16.5. The van der Waals surface area contributed by atoms with Gasteiger partial charge in [0.2, 0.25) is 0 Å². The second-order valence-electron chi connectivity index (χ2n) is 5.13. The van der Waals surface area contributed by atoms with E-state index in [1.54, 1.807) is 17.6 Å². The highest BCUT2D eigenvalue weighted by Gasteiger charge is 2.20. The summed E-state index contributed by atoms with van der Waals surface area (Å²) < 4.78 is 7.81. The Bertz CT molecular complexity index is 874. The maximum absolute atomic E-state index is 12.2. The number of benzene rings is 1. The first-order valence-corrected chi connectivity index (χ1v) is 8.48. The van der Waals surface area contributed by atoms with Crippen LogP contribution in [0.4, 0.5) is 11.5 Å².